The van der Waals surface area contributed by atoms with Crippen molar-refractivity contribution in [2.45, 2.75) is 76.7 Å². The Kier molecular flexibility index (Phi) is 9.25. The summed E-state index contributed by atoms with van der Waals surface area (Å²) in [5.74, 6) is 1.44. The van der Waals surface area contributed by atoms with Crippen molar-refractivity contribution in [1.82, 2.24) is 9.80 Å². The molecule has 0 saturated carbocycles. The number of hydrogen-bond acceptors (Lipinski definition) is 6. The summed E-state index contributed by atoms with van der Waals surface area (Å²) in [4.78, 5) is 4.70. The van der Waals surface area contributed by atoms with Crippen LogP contribution in [0.3, 0.4) is 0 Å². The van der Waals surface area contributed by atoms with Crippen molar-refractivity contribution in [1.29, 1.82) is 0 Å². The SMILES string of the molecule is C[C@@H]1CCCCN1C[C@H](O)COc1ccc(OC[C@@H](O)CN2CCCC[C@H]2C)cc1. The maximum Gasteiger partial charge on any atom is 0.119 e. The van der Waals surface area contributed by atoms with E-state index >= 15 is 0 Å². The van der Waals surface area contributed by atoms with E-state index in [0.29, 0.717) is 25.2 Å². The van der Waals surface area contributed by atoms with Crippen LogP contribution in [-0.2, 0) is 0 Å². The molecule has 0 amide bonds. The van der Waals surface area contributed by atoms with Gasteiger partial charge in [0, 0.05) is 25.2 Å². The molecule has 0 bridgehead atoms. The standard InChI is InChI=1S/C24H40N2O4/c1-19-7-3-5-13-25(19)15-21(27)17-29-23-9-11-24(12-10-23)30-18-22(28)16-26-14-6-4-8-20(26)2/h9-12,19-22,27-28H,3-8,13-18H2,1-2H3/t19-,20-,21+,22+/m1/s1. The minimum absolute atomic E-state index is 0.288. The Morgan fingerprint density at radius 2 is 1.17 bits per heavy atom. The van der Waals surface area contributed by atoms with E-state index in [2.05, 4.69) is 23.6 Å². The van der Waals surface area contributed by atoms with Gasteiger partial charge >= 0.3 is 0 Å². The molecule has 6 heteroatoms. The summed E-state index contributed by atoms with van der Waals surface area (Å²) in [6.07, 6.45) is 6.43. The van der Waals surface area contributed by atoms with Crippen molar-refractivity contribution < 1.29 is 19.7 Å². The molecule has 1 aromatic carbocycles. The number of β-amino-alcohol motifs (C(OH)–C–C–N with tert-alkyl or cyclic N) is 2. The Morgan fingerprint density at radius 3 is 1.53 bits per heavy atom. The first kappa shape index (κ1) is 23.3. The highest BCUT2D eigenvalue weighted by Crippen LogP contribution is 2.20. The highest BCUT2D eigenvalue weighted by Gasteiger charge is 2.22. The normalized spacial score (nSPS) is 25.6. The molecule has 2 fully saturated rings. The first-order valence-corrected chi connectivity index (χ1v) is 11.7. The fourth-order valence-electron chi connectivity index (χ4n) is 4.52. The molecule has 2 aliphatic heterocycles. The average Bonchev–Trinajstić information content (AvgIpc) is 2.75. The predicted octanol–water partition coefficient (Wildman–Crippen LogP) is 2.91. The zero-order valence-corrected chi connectivity index (χ0v) is 18.7. The molecular formula is C24H40N2O4. The summed E-state index contributed by atoms with van der Waals surface area (Å²) in [5.41, 5.74) is 0. The van der Waals surface area contributed by atoms with Crippen LogP contribution in [0.25, 0.3) is 0 Å². The summed E-state index contributed by atoms with van der Waals surface area (Å²) in [6.45, 7) is 8.49. The molecule has 6 nitrogen and oxygen atoms in total. The second-order valence-electron chi connectivity index (χ2n) is 9.08. The third kappa shape index (κ3) is 7.41. The molecule has 2 heterocycles. The van der Waals surface area contributed by atoms with Crippen LogP contribution in [-0.4, -0.2) is 83.7 Å². The highest BCUT2D eigenvalue weighted by atomic mass is 16.5. The zero-order valence-electron chi connectivity index (χ0n) is 18.7. The van der Waals surface area contributed by atoms with E-state index in [1.165, 1.54) is 38.5 Å². The fourth-order valence-corrected chi connectivity index (χ4v) is 4.52. The molecule has 1 aromatic rings. The van der Waals surface area contributed by atoms with Gasteiger partial charge in [-0.15, -0.1) is 0 Å². The van der Waals surface area contributed by atoms with Gasteiger partial charge in [-0.3, -0.25) is 9.80 Å². The molecule has 0 aromatic heterocycles. The van der Waals surface area contributed by atoms with Gasteiger partial charge in [0.05, 0.1) is 0 Å². The van der Waals surface area contributed by atoms with E-state index in [-0.39, 0.29) is 13.2 Å². The number of hydrogen-bond donors (Lipinski definition) is 2. The van der Waals surface area contributed by atoms with Crippen molar-refractivity contribution >= 4 is 0 Å². The lowest BCUT2D eigenvalue weighted by molar-refractivity contribution is 0.0428. The maximum atomic E-state index is 10.3. The molecule has 30 heavy (non-hydrogen) atoms. The van der Waals surface area contributed by atoms with Crippen LogP contribution < -0.4 is 9.47 Å². The van der Waals surface area contributed by atoms with Gasteiger partial charge < -0.3 is 19.7 Å². The van der Waals surface area contributed by atoms with E-state index in [4.69, 9.17) is 9.47 Å². The average molecular weight is 421 g/mol. The number of likely N-dealkylation sites (tertiary alicyclic amines) is 2. The summed E-state index contributed by atoms with van der Waals surface area (Å²) in [7, 11) is 0. The van der Waals surface area contributed by atoms with Gasteiger partial charge in [0.2, 0.25) is 0 Å². The summed E-state index contributed by atoms with van der Waals surface area (Å²) >= 11 is 0. The smallest absolute Gasteiger partial charge is 0.119 e. The van der Waals surface area contributed by atoms with Crippen molar-refractivity contribution in [3.05, 3.63) is 24.3 Å². The quantitative estimate of drug-likeness (QED) is 0.607. The van der Waals surface area contributed by atoms with Crippen molar-refractivity contribution in [3.63, 3.8) is 0 Å². The second-order valence-corrected chi connectivity index (χ2v) is 9.08. The molecule has 0 spiro atoms. The molecule has 2 saturated heterocycles. The third-order valence-electron chi connectivity index (χ3n) is 6.48. The predicted molar refractivity (Wildman–Crippen MR) is 119 cm³/mol. The number of aliphatic hydroxyl groups excluding tert-OH is 2. The van der Waals surface area contributed by atoms with Gasteiger partial charge in [0.1, 0.15) is 36.9 Å². The zero-order chi connectivity index (χ0) is 21.3. The molecule has 2 N–H and O–H groups in total. The van der Waals surface area contributed by atoms with Crippen LogP contribution in [0.4, 0.5) is 0 Å². The van der Waals surface area contributed by atoms with Crippen LogP contribution in [0, 0.1) is 0 Å². The van der Waals surface area contributed by atoms with Gasteiger partial charge in [-0.1, -0.05) is 12.8 Å². The van der Waals surface area contributed by atoms with Gasteiger partial charge in [-0.05, 0) is 76.9 Å². The molecule has 0 unspecified atom stereocenters. The number of nitrogens with zero attached hydrogens (tertiary/aromatic N) is 2. The van der Waals surface area contributed by atoms with Crippen molar-refractivity contribution in [2.75, 3.05) is 39.4 Å². The molecular weight excluding hydrogens is 380 g/mol. The van der Waals surface area contributed by atoms with E-state index < -0.39 is 12.2 Å². The Balaban J connectivity index is 1.35. The van der Waals surface area contributed by atoms with Crippen LogP contribution in [0.5, 0.6) is 11.5 Å². The largest absolute Gasteiger partial charge is 0.491 e. The van der Waals surface area contributed by atoms with E-state index in [1.54, 1.807) is 0 Å². The lowest BCUT2D eigenvalue weighted by atomic mass is 10.0. The number of aliphatic hydroxyl groups is 2. The minimum Gasteiger partial charge on any atom is -0.491 e. The van der Waals surface area contributed by atoms with E-state index in [1.807, 2.05) is 24.3 Å². The highest BCUT2D eigenvalue weighted by molar-refractivity contribution is 5.31. The molecule has 2 aliphatic rings. The number of benzene rings is 1. The minimum atomic E-state index is -0.492. The van der Waals surface area contributed by atoms with Gasteiger partial charge in [0.15, 0.2) is 0 Å². The van der Waals surface area contributed by atoms with Crippen molar-refractivity contribution in [2.24, 2.45) is 0 Å². The maximum absolute atomic E-state index is 10.3. The fraction of sp³-hybridized carbons (Fsp3) is 0.750. The van der Waals surface area contributed by atoms with Crippen LogP contribution in [0.2, 0.25) is 0 Å². The Bertz CT molecular complexity index is 559. The monoisotopic (exact) mass is 420 g/mol. The van der Waals surface area contributed by atoms with Gasteiger partial charge in [-0.2, -0.15) is 0 Å². The Labute approximate surface area is 181 Å². The summed E-state index contributed by atoms with van der Waals surface area (Å²) in [6, 6.07) is 8.49. The summed E-state index contributed by atoms with van der Waals surface area (Å²) < 4.78 is 11.5. The first-order valence-electron chi connectivity index (χ1n) is 11.7. The van der Waals surface area contributed by atoms with Gasteiger partial charge in [-0.25, -0.2) is 0 Å². The Hall–Kier alpha value is -1.34. The number of rotatable bonds is 10. The third-order valence-corrected chi connectivity index (χ3v) is 6.48. The summed E-state index contributed by atoms with van der Waals surface area (Å²) in [5, 5.41) is 20.6. The molecule has 3 rings (SSSR count). The first-order chi connectivity index (χ1) is 14.5. The van der Waals surface area contributed by atoms with Crippen LogP contribution in [0.15, 0.2) is 24.3 Å². The lowest BCUT2D eigenvalue weighted by Crippen LogP contribution is -2.43. The number of piperidine rings is 2. The van der Waals surface area contributed by atoms with Crippen LogP contribution in [0.1, 0.15) is 52.4 Å². The molecule has 170 valence electrons. The number of ether oxygens (including phenoxy) is 2. The van der Waals surface area contributed by atoms with E-state index in [9.17, 15) is 10.2 Å². The molecule has 4 atom stereocenters. The van der Waals surface area contributed by atoms with E-state index in [0.717, 1.165) is 24.6 Å². The van der Waals surface area contributed by atoms with Crippen molar-refractivity contribution in [3.8, 4) is 11.5 Å². The second kappa shape index (κ2) is 11.9. The van der Waals surface area contributed by atoms with Crippen LogP contribution >= 0.6 is 0 Å². The lowest BCUT2D eigenvalue weighted by Gasteiger charge is -2.34. The van der Waals surface area contributed by atoms with Gasteiger partial charge in [0.25, 0.3) is 0 Å². The topological polar surface area (TPSA) is 65.4 Å². The Morgan fingerprint density at radius 1 is 0.767 bits per heavy atom. The molecule has 0 aliphatic carbocycles. The molecule has 0 radical (unpaired) electrons.